The third-order valence-electron chi connectivity index (χ3n) is 5.33. The zero-order chi connectivity index (χ0) is 14.3. The lowest BCUT2D eigenvalue weighted by Crippen LogP contribution is -2.46. The molecule has 1 unspecified atom stereocenters. The average Bonchev–Trinajstić information content (AvgIpc) is 3.27. The lowest BCUT2D eigenvalue weighted by Gasteiger charge is -2.37. The third-order valence-corrected chi connectivity index (χ3v) is 5.33. The van der Waals surface area contributed by atoms with Gasteiger partial charge in [-0.15, -0.1) is 0 Å². The molecule has 0 radical (unpaired) electrons. The quantitative estimate of drug-likeness (QED) is 0.908. The fourth-order valence-electron chi connectivity index (χ4n) is 3.78. The Morgan fingerprint density at radius 2 is 1.55 bits per heavy atom. The van der Waals surface area contributed by atoms with Crippen molar-refractivity contribution in [3.8, 4) is 0 Å². The Morgan fingerprint density at radius 3 is 2.05 bits per heavy atom. The van der Waals surface area contributed by atoms with Crippen LogP contribution in [0.2, 0.25) is 0 Å². The zero-order valence-corrected chi connectivity index (χ0v) is 13.4. The first kappa shape index (κ1) is 14.1. The molecule has 1 aromatic carbocycles. The maximum Gasteiger partial charge on any atom is 0.0382 e. The van der Waals surface area contributed by atoms with Gasteiger partial charge in [0.15, 0.2) is 0 Å². The van der Waals surface area contributed by atoms with Crippen LogP contribution in [0.15, 0.2) is 6.07 Å². The minimum atomic E-state index is 0.663. The first-order valence-corrected chi connectivity index (χ1v) is 8.11. The normalized spacial score (nSPS) is 22.0. The van der Waals surface area contributed by atoms with Gasteiger partial charge in [-0.2, -0.15) is 0 Å². The van der Waals surface area contributed by atoms with Crippen LogP contribution in [-0.4, -0.2) is 31.1 Å². The topological polar surface area (TPSA) is 15.3 Å². The van der Waals surface area contributed by atoms with E-state index < -0.39 is 0 Å². The van der Waals surface area contributed by atoms with Crippen LogP contribution in [0, 0.1) is 33.6 Å². The molecule has 2 fully saturated rings. The Balaban J connectivity index is 2.03. The first-order valence-electron chi connectivity index (χ1n) is 8.11. The smallest absolute Gasteiger partial charge is 0.0382 e. The molecule has 2 aliphatic rings. The largest absolute Gasteiger partial charge is 0.314 e. The second-order valence-electron chi connectivity index (χ2n) is 6.74. The number of nitrogens with zero attached hydrogens (tertiary/aromatic N) is 1. The Morgan fingerprint density at radius 1 is 1.00 bits per heavy atom. The fourth-order valence-corrected chi connectivity index (χ4v) is 3.78. The van der Waals surface area contributed by atoms with E-state index in [9.17, 15) is 0 Å². The molecule has 0 spiro atoms. The van der Waals surface area contributed by atoms with E-state index in [0.29, 0.717) is 6.04 Å². The highest BCUT2D eigenvalue weighted by Gasteiger charge is 2.38. The fraction of sp³-hybridized carbons (Fsp3) is 0.667. The van der Waals surface area contributed by atoms with Crippen LogP contribution >= 0.6 is 0 Å². The third kappa shape index (κ3) is 2.51. The number of hydrogen-bond acceptors (Lipinski definition) is 2. The van der Waals surface area contributed by atoms with Gasteiger partial charge in [-0.25, -0.2) is 0 Å². The molecular weight excluding hydrogens is 244 g/mol. The minimum absolute atomic E-state index is 0.663. The highest BCUT2D eigenvalue weighted by molar-refractivity contribution is 5.46. The predicted octanol–water partition coefficient (Wildman–Crippen LogP) is 3.28. The summed E-state index contributed by atoms with van der Waals surface area (Å²) < 4.78 is 0. The van der Waals surface area contributed by atoms with Crippen molar-refractivity contribution < 1.29 is 0 Å². The molecule has 1 aromatic rings. The Hall–Kier alpha value is -0.860. The molecule has 20 heavy (non-hydrogen) atoms. The summed E-state index contributed by atoms with van der Waals surface area (Å²) in [6.45, 7) is 13.9. The van der Waals surface area contributed by atoms with Gasteiger partial charge in [-0.3, -0.25) is 4.90 Å². The number of hydrogen-bond donors (Lipinski definition) is 1. The van der Waals surface area contributed by atoms with Gasteiger partial charge >= 0.3 is 0 Å². The molecule has 0 bridgehead atoms. The molecule has 1 saturated carbocycles. The molecule has 0 amide bonds. The molecule has 2 heteroatoms. The van der Waals surface area contributed by atoms with Crippen molar-refractivity contribution in [3.63, 3.8) is 0 Å². The maximum absolute atomic E-state index is 3.49. The number of rotatable bonds is 3. The summed E-state index contributed by atoms with van der Waals surface area (Å²) >= 11 is 0. The van der Waals surface area contributed by atoms with E-state index in [2.05, 4.69) is 44.0 Å². The standard InChI is InChI=1S/C18H28N2/c1-12-11-13(2)15(4)17(14(12)3)18(16-5-6-16)20-9-7-19-8-10-20/h11,16,18-19H,5-10H2,1-4H3. The Kier molecular flexibility index (Phi) is 3.87. The molecule has 1 aliphatic heterocycles. The van der Waals surface area contributed by atoms with Crippen LogP contribution in [-0.2, 0) is 0 Å². The summed E-state index contributed by atoms with van der Waals surface area (Å²) in [4.78, 5) is 2.74. The number of piperazine rings is 1. The number of benzene rings is 1. The zero-order valence-electron chi connectivity index (χ0n) is 13.4. The van der Waals surface area contributed by atoms with Gasteiger partial charge in [0.2, 0.25) is 0 Å². The Bertz CT molecular complexity index is 470. The van der Waals surface area contributed by atoms with Gasteiger partial charge in [-0.1, -0.05) is 6.07 Å². The summed E-state index contributed by atoms with van der Waals surface area (Å²) in [5.41, 5.74) is 7.63. The molecule has 1 N–H and O–H groups in total. The molecule has 1 aliphatic carbocycles. The molecule has 0 aromatic heterocycles. The lowest BCUT2D eigenvalue weighted by molar-refractivity contribution is 0.155. The number of aryl methyl sites for hydroxylation is 2. The van der Waals surface area contributed by atoms with E-state index in [-0.39, 0.29) is 0 Å². The summed E-state index contributed by atoms with van der Waals surface area (Å²) in [6.07, 6.45) is 2.83. The van der Waals surface area contributed by atoms with Crippen molar-refractivity contribution in [2.45, 2.75) is 46.6 Å². The minimum Gasteiger partial charge on any atom is -0.314 e. The summed E-state index contributed by atoms with van der Waals surface area (Å²) in [6, 6.07) is 3.02. The molecule has 1 atom stereocenters. The van der Waals surface area contributed by atoms with Gasteiger partial charge in [-0.05, 0) is 74.3 Å². The molecule has 1 heterocycles. The van der Waals surface area contributed by atoms with E-state index in [1.165, 1.54) is 48.2 Å². The maximum atomic E-state index is 3.49. The molecule has 110 valence electrons. The van der Waals surface area contributed by atoms with Crippen LogP contribution in [0.25, 0.3) is 0 Å². The average molecular weight is 272 g/mol. The van der Waals surface area contributed by atoms with Crippen LogP contribution in [0.5, 0.6) is 0 Å². The van der Waals surface area contributed by atoms with Crippen molar-refractivity contribution in [3.05, 3.63) is 33.9 Å². The van der Waals surface area contributed by atoms with Gasteiger partial charge in [0.1, 0.15) is 0 Å². The van der Waals surface area contributed by atoms with E-state index in [4.69, 9.17) is 0 Å². The van der Waals surface area contributed by atoms with E-state index >= 15 is 0 Å². The van der Waals surface area contributed by atoms with Crippen molar-refractivity contribution in [1.82, 2.24) is 10.2 Å². The van der Waals surface area contributed by atoms with Crippen molar-refractivity contribution in [1.29, 1.82) is 0 Å². The van der Waals surface area contributed by atoms with Gasteiger partial charge in [0.25, 0.3) is 0 Å². The van der Waals surface area contributed by atoms with Crippen molar-refractivity contribution in [2.24, 2.45) is 5.92 Å². The van der Waals surface area contributed by atoms with Crippen molar-refractivity contribution in [2.75, 3.05) is 26.2 Å². The van der Waals surface area contributed by atoms with Crippen LogP contribution < -0.4 is 5.32 Å². The second kappa shape index (κ2) is 5.50. The highest BCUT2D eigenvalue weighted by atomic mass is 15.2. The van der Waals surface area contributed by atoms with Crippen LogP contribution in [0.3, 0.4) is 0 Å². The lowest BCUT2D eigenvalue weighted by atomic mass is 9.87. The van der Waals surface area contributed by atoms with Gasteiger partial charge < -0.3 is 5.32 Å². The van der Waals surface area contributed by atoms with Gasteiger partial charge in [0, 0.05) is 32.2 Å². The molecule has 3 rings (SSSR count). The van der Waals surface area contributed by atoms with Crippen LogP contribution in [0.4, 0.5) is 0 Å². The molecular formula is C18H28N2. The summed E-state index contributed by atoms with van der Waals surface area (Å²) in [7, 11) is 0. The van der Waals surface area contributed by atoms with Crippen LogP contribution in [0.1, 0.15) is 46.7 Å². The highest BCUT2D eigenvalue weighted by Crippen LogP contribution is 2.47. The summed E-state index contributed by atoms with van der Waals surface area (Å²) in [5, 5.41) is 3.49. The van der Waals surface area contributed by atoms with E-state index in [1.807, 2.05) is 0 Å². The van der Waals surface area contributed by atoms with Crippen molar-refractivity contribution >= 4 is 0 Å². The number of nitrogens with one attached hydrogen (secondary N) is 1. The SMILES string of the molecule is Cc1cc(C)c(C)c(C(C2CC2)N2CCNCC2)c1C. The van der Waals surface area contributed by atoms with E-state index in [1.54, 1.807) is 5.56 Å². The second-order valence-corrected chi connectivity index (χ2v) is 6.74. The predicted molar refractivity (Wildman–Crippen MR) is 85.3 cm³/mol. The molecule has 1 saturated heterocycles. The molecule has 2 nitrogen and oxygen atoms in total. The monoisotopic (exact) mass is 272 g/mol. The Labute approximate surface area is 123 Å². The first-order chi connectivity index (χ1) is 9.59. The summed E-state index contributed by atoms with van der Waals surface area (Å²) in [5.74, 6) is 0.895. The van der Waals surface area contributed by atoms with E-state index in [0.717, 1.165) is 19.0 Å². The van der Waals surface area contributed by atoms with Gasteiger partial charge in [0.05, 0.1) is 0 Å².